The zero-order valence-electron chi connectivity index (χ0n) is 23.1. The summed E-state index contributed by atoms with van der Waals surface area (Å²) < 4.78 is 5.62. The standard InChI is InChI=1S/C35H29N3O5/c39-30(25-14-5-1-6-15-25)32(36-34(41)27-18-9-3-10-19-27)38(24-29-22-13-23-43-29)33(31(40)26-16-7-2-8-17-26)37-35(42)28-20-11-4-12-21-28/h1-23,32-33H,24H2,(H,36,41)(H,37,42)/t32-,33+. The summed E-state index contributed by atoms with van der Waals surface area (Å²) in [5, 5.41) is 5.67. The Morgan fingerprint density at radius 1 is 0.512 bits per heavy atom. The fourth-order valence-electron chi connectivity index (χ4n) is 4.63. The molecule has 0 saturated carbocycles. The molecule has 0 bridgehead atoms. The molecule has 43 heavy (non-hydrogen) atoms. The van der Waals surface area contributed by atoms with E-state index in [4.69, 9.17) is 4.42 Å². The summed E-state index contributed by atoms with van der Waals surface area (Å²) in [5.74, 6) is -1.59. The van der Waals surface area contributed by atoms with Crippen molar-refractivity contribution in [1.29, 1.82) is 0 Å². The van der Waals surface area contributed by atoms with Crippen LogP contribution in [0.5, 0.6) is 0 Å². The lowest BCUT2D eigenvalue weighted by Crippen LogP contribution is -2.62. The molecule has 5 aromatic rings. The SMILES string of the molecule is O=C(N[C@H](C(=O)c1ccccc1)N(Cc1ccco1)[C@@H](NC(=O)c1ccccc1)C(=O)c1ccccc1)c1ccccc1. The van der Waals surface area contributed by atoms with Crippen LogP contribution in [-0.4, -0.2) is 40.6 Å². The minimum atomic E-state index is -1.38. The molecule has 4 aromatic carbocycles. The van der Waals surface area contributed by atoms with Crippen LogP contribution < -0.4 is 10.6 Å². The van der Waals surface area contributed by atoms with E-state index in [0.717, 1.165) is 0 Å². The van der Waals surface area contributed by atoms with Gasteiger partial charge in [0.25, 0.3) is 11.8 Å². The first-order chi connectivity index (χ1) is 21.0. The van der Waals surface area contributed by atoms with E-state index in [1.54, 1.807) is 133 Å². The first kappa shape index (κ1) is 28.9. The molecule has 0 fully saturated rings. The van der Waals surface area contributed by atoms with Crippen LogP contribution in [0.15, 0.2) is 144 Å². The summed E-state index contributed by atoms with van der Waals surface area (Å²) in [4.78, 5) is 56.9. The molecule has 0 spiro atoms. The number of Topliss-reactive ketones (excluding diaryl/α,β-unsaturated/α-hetero) is 2. The van der Waals surface area contributed by atoms with Gasteiger partial charge in [-0.15, -0.1) is 0 Å². The van der Waals surface area contributed by atoms with E-state index in [1.807, 2.05) is 0 Å². The Kier molecular flexibility index (Phi) is 9.31. The number of rotatable bonds is 12. The van der Waals surface area contributed by atoms with Crippen LogP contribution in [0.2, 0.25) is 0 Å². The number of hydrogen-bond acceptors (Lipinski definition) is 6. The monoisotopic (exact) mass is 571 g/mol. The third kappa shape index (κ3) is 7.19. The molecule has 0 unspecified atom stereocenters. The van der Waals surface area contributed by atoms with E-state index < -0.39 is 35.7 Å². The highest BCUT2D eigenvalue weighted by atomic mass is 16.3. The third-order valence-corrected chi connectivity index (χ3v) is 6.80. The minimum Gasteiger partial charge on any atom is -0.468 e. The fraction of sp³-hybridized carbons (Fsp3) is 0.0857. The molecule has 5 rings (SSSR count). The lowest BCUT2D eigenvalue weighted by molar-refractivity contribution is 0.0411. The highest BCUT2D eigenvalue weighted by Gasteiger charge is 2.39. The number of furan rings is 1. The smallest absolute Gasteiger partial charge is 0.252 e. The van der Waals surface area contributed by atoms with Crippen LogP contribution in [0.3, 0.4) is 0 Å². The molecule has 0 aliphatic rings. The average Bonchev–Trinajstić information content (AvgIpc) is 3.59. The maximum Gasteiger partial charge on any atom is 0.252 e. The van der Waals surface area contributed by atoms with Gasteiger partial charge in [0.2, 0.25) is 0 Å². The Labute approximate surface area is 249 Å². The van der Waals surface area contributed by atoms with Crippen molar-refractivity contribution in [2.75, 3.05) is 0 Å². The van der Waals surface area contributed by atoms with Crippen LogP contribution >= 0.6 is 0 Å². The Balaban J connectivity index is 1.63. The molecule has 0 radical (unpaired) electrons. The van der Waals surface area contributed by atoms with Gasteiger partial charge in [-0.05, 0) is 36.4 Å². The number of benzene rings is 4. The first-order valence-electron chi connectivity index (χ1n) is 13.7. The molecule has 8 heteroatoms. The lowest BCUT2D eigenvalue weighted by Gasteiger charge is -2.36. The second-order valence-electron chi connectivity index (χ2n) is 9.70. The summed E-state index contributed by atoms with van der Waals surface area (Å²) in [6.07, 6.45) is -1.29. The average molecular weight is 572 g/mol. The summed E-state index contributed by atoms with van der Waals surface area (Å²) >= 11 is 0. The Hall–Kier alpha value is -5.60. The summed E-state index contributed by atoms with van der Waals surface area (Å²) in [5.41, 5.74) is 1.27. The molecule has 2 amide bonds. The first-order valence-corrected chi connectivity index (χ1v) is 13.7. The van der Waals surface area contributed by atoms with Crippen LogP contribution in [0.4, 0.5) is 0 Å². The fourth-order valence-corrected chi connectivity index (χ4v) is 4.63. The summed E-state index contributed by atoms with van der Waals surface area (Å²) in [6.45, 7) is -0.0936. The van der Waals surface area contributed by atoms with Crippen molar-refractivity contribution in [3.63, 3.8) is 0 Å². The van der Waals surface area contributed by atoms with Gasteiger partial charge in [0.1, 0.15) is 18.1 Å². The number of ketones is 2. The predicted molar refractivity (Wildman–Crippen MR) is 161 cm³/mol. The van der Waals surface area contributed by atoms with Crippen molar-refractivity contribution in [3.8, 4) is 0 Å². The molecule has 1 aromatic heterocycles. The molecule has 0 saturated heterocycles. The predicted octanol–water partition coefficient (Wildman–Crippen LogP) is 5.36. The molecular weight excluding hydrogens is 542 g/mol. The van der Waals surface area contributed by atoms with Gasteiger partial charge >= 0.3 is 0 Å². The van der Waals surface area contributed by atoms with Crippen LogP contribution in [0.25, 0.3) is 0 Å². The molecule has 0 aliphatic carbocycles. The van der Waals surface area contributed by atoms with Gasteiger partial charge in [-0.25, -0.2) is 4.90 Å². The van der Waals surface area contributed by atoms with Gasteiger partial charge in [0, 0.05) is 22.3 Å². The van der Waals surface area contributed by atoms with E-state index in [9.17, 15) is 19.2 Å². The molecule has 2 N–H and O–H groups in total. The highest BCUT2D eigenvalue weighted by Crippen LogP contribution is 2.19. The van der Waals surface area contributed by atoms with E-state index in [0.29, 0.717) is 28.0 Å². The van der Waals surface area contributed by atoms with Gasteiger partial charge in [-0.2, -0.15) is 0 Å². The van der Waals surface area contributed by atoms with E-state index in [1.165, 1.54) is 11.2 Å². The highest BCUT2D eigenvalue weighted by molar-refractivity contribution is 6.07. The van der Waals surface area contributed by atoms with Crippen molar-refractivity contribution in [3.05, 3.63) is 168 Å². The summed E-state index contributed by atoms with van der Waals surface area (Å²) in [7, 11) is 0. The largest absolute Gasteiger partial charge is 0.468 e. The number of hydrogen-bond donors (Lipinski definition) is 2. The van der Waals surface area contributed by atoms with Crippen LogP contribution in [-0.2, 0) is 6.54 Å². The Morgan fingerprint density at radius 3 is 1.23 bits per heavy atom. The molecule has 0 aliphatic heterocycles. The van der Waals surface area contributed by atoms with Gasteiger partial charge in [-0.3, -0.25) is 19.2 Å². The molecular formula is C35H29N3O5. The van der Waals surface area contributed by atoms with Crippen molar-refractivity contribution >= 4 is 23.4 Å². The van der Waals surface area contributed by atoms with Gasteiger partial charge in [0.05, 0.1) is 12.8 Å². The normalized spacial score (nSPS) is 12.2. The van der Waals surface area contributed by atoms with Crippen molar-refractivity contribution < 1.29 is 23.6 Å². The maximum atomic E-state index is 14.2. The van der Waals surface area contributed by atoms with Crippen molar-refractivity contribution in [2.45, 2.75) is 18.9 Å². The third-order valence-electron chi connectivity index (χ3n) is 6.80. The number of nitrogens with one attached hydrogen (secondary N) is 2. The van der Waals surface area contributed by atoms with Crippen LogP contribution in [0, 0.1) is 0 Å². The molecule has 8 nitrogen and oxygen atoms in total. The molecule has 214 valence electrons. The van der Waals surface area contributed by atoms with Gasteiger partial charge in [-0.1, -0.05) is 97.1 Å². The van der Waals surface area contributed by atoms with E-state index in [-0.39, 0.29) is 6.54 Å². The van der Waals surface area contributed by atoms with Gasteiger partial charge < -0.3 is 15.1 Å². The van der Waals surface area contributed by atoms with Gasteiger partial charge in [0.15, 0.2) is 11.6 Å². The molecule has 1 heterocycles. The van der Waals surface area contributed by atoms with Crippen LogP contribution in [0.1, 0.15) is 47.2 Å². The Bertz CT molecular complexity index is 1550. The topological polar surface area (TPSA) is 109 Å². The number of carbonyl (C=O) groups is 4. The maximum absolute atomic E-state index is 14.2. The second-order valence-corrected chi connectivity index (χ2v) is 9.70. The number of carbonyl (C=O) groups excluding carboxylic acids is 4. The second kappa shape index (κ2) is 13.8. The lowest BCUT2D eigenvalue weighted by atomic mass is 10.0. The number of amides is 2. The Morgan fingerprint density at radius 2 is 0.884 bits per heavy atom. The van der Waals surface area contributed by atoms with Crippen molar-refractivity contribution in [1.82, 2.24) is 15.5 Å². The molecule has 2 atom stereocenters. The summed E-state index contributed by atoms with van der Waals surface area (Å²) in [6, 6.07) is 37.2. The zero-order chi connectivity index (χ0) is 30.0. The minimum absolute atomic E-state index is 0.0936. The van der Waals surface area contributed by atoms with Crippen molar-refractivity contribution in [2.24, 2.45) is 0 Å². The quantitative estimate of drug-likeness (QED) is 0.154. The number of nitrogens with zero attached hydrogens (tertiary/aromatic N) is 1. The zero-order valence-corrected chi connectivity index (χ0v) is 23.1. The van der Waals surface area contributed by atoms with E-state index in [2.05, 4.69) is 10.6 Å². The van der Waals surface area contributed by atoms with E-state index >= 15 is 0 Å².